The molecule has 0 unspecified atom stereocenters. The van der Waals surface area contributed by atoms with Gasteiger partial charge in [0.05, 0.1) is 7.11 Å². The summed E-state index contributed by atoms with van der Waals surface area (Å²) in [6.45, 7) is 2.62. The Morgan fingerprint density at radius 2 is 2.00 bits per heavy atom. The van der Waals surface area contributed by atoms with Gasteiger partial charge in [0.15, 0.2) is 0 Å². The fraction of sp³-hybridized carbons (Fsp3) is 0.529. The average Bonchev–Trinajstić information content (AvgIpc) is 2.54. The summed E-state index contributed by atoms with van der Waals surface area (Å²) in [6.07, 6.45) is 3.55. The Balaban J connectivity index is 1.73. The summed E-state index contributed by atoms with van der Waals surface area (Å²) >= 11 is 0. The first-order chi connectivity index (χ1) is 11.1. The van der Waals surface area contributed by atoms with Gasteiger partial charge >= 0.3 is 6.03 Å². The molecule has 1 fully saturated rings. The van der Waals surface area contributed by atoms with Crippen molar-refractivity contribution < 1.29 is 14.3 Å². The Bertz CT molecular complexity index is 540. The first kappa shape index (κ1) is 17.3. The Kier molecular flexibility index (Phi) is 6.40. The number of likely N-dealkylation sites (tertiary alicyclic amines) is 1. The number of primary amides is 1. The maximum Gasteiger partial charge on any atom is 0.318 e. The maximum absolute atomic E-state index is 11.4. The summed E-state index contributed by atoms with van der Waals surface area (Å²) in [7, 11) is 1.71. The SMILES string of the molecule is COc1ccccc1CC1CCN(CCC(=O)NC(N)=O)CC1. The highest BCUT2D eigenvalue weighted by molar-refractivity contribution is 5.93. The van der Waals surface area contributed by atoms with Crippen molar-refractivity contribution >= 4 is 11.9 Å². The van der Waals surface area contributed by atoms with E-state index in [0.717, 1.165) is 38.1 Å². The van der Waals surface area contributed by atoms with Gasteiger partial charge in [0, 0.05) is 13.0 Å². The highest BCUT2D eigenvalue weighted by Crippen LogP contribution is 2.26. The van der Waals surface area contributed by atoms with Crippen molar-refractivity contribution in [1.29, 1.82) is 0 Å². The van der Waals surface area contributed by atoms with Gasteiger partial charge in [-0.05, 0) is 49.9 Å². The summed E-state index contributed by atoms with van der Waals surface area (Å²) in [5, 5.41) is 2.10. The molecule has 1 aliphatic heterocycles. The van der Waals surface area contributed by atoms with E-state index in [1.807, 2.05) is 18.2 Å². The van der Waals surface area contributed by atoms with E-state index >= 15 is 0 Å². The number of hydrogen-bond donors (Lipinski definition) is 2. The molecule has 23 heavy (non-hydrogen) atoms. The molecule has 3 amide bonds. The molecular formula is C17H25N3O3. The number of amides is 3. The van der Waals surface area contributed by atoms with Crippen LogP contribution in [0.3, 0.4) is 0 Å². The van der Waals surface area contributed by atoms with Gasteiger partial charge in [-0.15, -0.1) is 0 Å². The third kappa shape index (κ3) is 5.56. The molecule has 1 aromatic rings. The van der Waals surface area contributed by atoms with Crippen LogP contribution in [0.4, 0.5) is 4.79 Å². The number of carbonyl (C=O) groups excluding carboxylic acids is 2. The number of para-hydroxylation sites is 1. The molecule has 6 nitrogen and oxygen atoms in total. The number of rotatable bonds is 6. The van der Waals surface area contributed by atoms with Crippen molar-refractivity contribution in [3.63, 3.8) is 0 Å². The van der Waals surface area contributed by atoms with Crippen LogP contribution in [0.2, 0.25) is 0 Å². The minimum Gasteiger partial charge on any atom is -0.496 e. The lowest BCUT2D eigenvalue weighted by molar-refractivity contribution is -0.120. The molecular weight excluding hydrogens is 294 g/mol. The molecule has 1 saturated heterocycles. The zero-order chi connectivity index (χ0) is 16.7. The lowest BCUT2D eigenvalue weighted by Crippen LogP contribution is -2.39. The van der Waals surface area contributed by atoms with Crippen molar-refractivity contribution in [3.8, 4) is 5.75 Å². The van der Waals surface area contributed by atoms with Crippen LogP contribution in [0.15, 0.2) is 24.3 Å². The molecule has 6 heteroatoms. The Hall–Kier alpha value is -2.08. The number of imide groups is 1. The van der Waals surface area contributed by atoms with Crippen LogP contribution in [0.5, 0.6) is 5.75 Å². The van der Waals surface area contributed by atoms with Crippen LogP contribution in [-0.4, -0.2) is 43.6 Å². The minimum absolute atomic E-state index is 0.306. The number of nitrogens with two attached hydrogens (primary N) is 1. The quantitative estimate of drug-likeness (QED) is 0.833. The monoisotopic (exact) mass is 319 g/mol. The van der Waals surface area contributed by atoms with Gasteiger partial charge in [-0.2, -0.15) is 0 Å². The van der Waals surface area contributed by atoms with Crippen LogP contribution in [-0.2, 0) is 11.2 Å². The number of methoxy groups -OCH3 is 1. The standard InChI is InChI=1S/C17H25N3O3/c1-23-15-5-3-2-4-14(15)12-13-6-9-20(10-7-13)11-8-16(21)19-17(18)22/h2-5,13H,6-12H2,1H3,(H3,18,19,21,22). The van der Waals surface area contributed by atoms with Crippen LogP contribution in [0.1, 0.15) is 24.8 Å². The molecule has 0 spiro atoms. The number of piperidine rings is 1. The van der Waals surface area contributed by atoms with Gasteiger partial charge in [0.1, 0.15) is 5.75 Å². The molecule has 1 heterocycles. The molecule has 0 aliphatic carbocycles. The van der Waals surface area contributed by atoms with E-state index in [9.17, 15) is 9.59 Å². The molecule has 0 bridgehead atoms. The van der Waals surface area contributed by atoms with E-state index in [1.54, 1.807) is 7.11 Å². The van der Waals surface area contributed by atoms with Gasteiger partial charge in [-0.3, -0.25) is 10.1 Å². The third-order valence-electron chi connectivity index (χ3n) is 4.33. The molecule has 0 atom stereocenters. The zero-order valence-corrected chi connectivity index (χ0v) is 13.6. The molecule has 126 valence electrons. The molecule has 0 radical (unpaired) electrons. The lowest BCUT2D eigenvalue weighted by atomic mass is 9.90. The Morgan fingerprint density at radius 3 is 2.65 bits per heavy atom. The normalized spacial score (nSPS) is 16.0. The second-order valence-electron chi connectivity index (χ2n) is 5.96. The smallest absolute Gasteiger partial charge is 0.318 e. The molecule has 1 aromatic carbocycles. The van der Waals surface area contributed by atoms with Gasteiger partial charge in [0.25, 0.3) is 0 Å². The largest absolute Gasteiger partial charge is 0.496 e. The van der Waals surface area contributed by atoms with E-state index < -0.39 is 6.03 Å². The van der Waals surface area contributed by atoms with Crippen LogP contribution in [0.25, 0.3) is 0 Å². The Morgan fingerprint density at radius 1 is 1.30 bits per heavy atom. The molecule has 0 aromatic heterocycles. The summed E-state index contributed by atoms with van der Waals surface area (Å²) in [5.74, 6) is 1.29. The van der Waals surface area contributed by atoms with E-state index in [2.05, 4.69) is 16.3 Å². The number of hydrogen-bond acceptors (Lipinski definition) is 4. The van der Waals surface area contributed by atoms with Crippen LogP contribution >= 0.6 is 0 Å². The number of urea groups is 1. The summed E-state index contributed by atoms with van der Waals surface area (Å²) in [6, 6.07) is 7.37. The average molecular weight is 319 g/mol. The third-order valence-corrected chi connectivity index (χ3v) is 4.33. The second-order valence-corrected chi connectivity index (χ2v) is 5.96. The van der Waals surface area contributed by atoms with Crippen LogP contribution in [0, 0.1) is 5.92 Å². The summed E-state index contributed by atoms with van der Waals surface area (Å²) < 4.78 is 5.41. The van der Waals surface area contributed by atoms with Gasteiger partial charge in [-0.25, -0.2) is 4.79 Å². The van der Waals surface area contributed by atoms with E-state index in [0.29, 0.717) is 18.9 Å². The summed E-state index contributed by atoms with van der Waals surface area (Å²) in [4.78, 5) is 24.3. The zero-order valence-electron chi connectivity index (χ0n) is 13.6. The molecule has 3 N–H and O–H groups in total. The second kappa shape index (κ2) is 8.53. The molecule has 2 rings (SSSR count). The lowest BCUT2D eigenvalue weighted by Gasteiger charge is -2.32. The minimum atomic E-state index is -0.787. The van der Waals surface area contributed by atoms with Gasteiger partial charge < -0.3 is 15.4 Å². The number of nitrogens with zero attached hydrogens (tertiary/aromatic N) is 1. The van der Waals surface area contributed by atoms with Crippen molar-refractivity contribution in [2.45, 2.75) is 25.7 Å². The van der Waals surface area contributed by atoms with Crippen molar-refractivity contribution in [2.75, 3.05) is 26.7 Å². The predicted molar refractivity (Wildman–Crippen MR) is 88.2 cm³/mol. The van der Waals surface area contributed by atoms with Crippen molar-refractivity contribution in [2.24, 2.45) is 11.7 Å². The maximum atomic E-state index is 11.4. The first-order valence-corrected chi connectivity index (χ1v) is 8.02. The number of benzene rings is 1. The van der Waals surface area contributed by atoms with Gasteiger partial charge in [0.2, 0.25) is 5.91 Å². The van der Waals surface area contributed by atoms with E-state index in [1.165, 1.54) is 5.56 Å². The highest BCUT2D eigenvalue weighted by atomic mass is 16.5. The highest BCUT2D eigenvalue weighted by Gasteiger charge is 2.21. The molecule has 0 saturated carbocycles. The fourth-order valence-electron chi connectivity index (χ4n) is 3.06. The van der Waals surface area contributed by atoms with E-state index in [-0.39, 0.29) is 5.91 Å². The topological polar surface area (TPSA) is 84.7 Å². The van der Waals surface area contributed by atoms with E-state index in [4.69, 9.17) is 10.5 Å². The predicted octanol–water partition coefficient (Wildman–Crippen LogP) is 1.53. The first-order valence-electron chi connectivity index (χ1n) is 8.02. The number of carbonyl (C=O) groups is 2. The summed E-state index contributed by atoms with van der Waals surface area (Å²) in [5.41, 5.74) is 6.18. The number of ether oxygens (including phenoxy) is 1. The fourth-order valence-corrected chi connectivity index (χ4v) is 3.06. The van der Waals surface area contributed by atoms with Crippen LogP contribution < -0.4 is 15.8 Å². The molecule has 1 aliphatic rings. The van der Waals surface area contributed by atoms with Crippen molar-refractivity contribution in [1.82, 2.24) is 10.2 Å². The Labute approximate surface area is 137 Å². The number of nitrogens with one attached hydrogen (secondary N) is 1. The van der Waals surface area contributed by atoms with Gasteiger partial charge in [-0.1, -0.05) is 18.2 Å². The van der Waals surface area contributed by atoms with Crippen molar-refractivity contribution in [3.05, 3.63) is 29.8 Å².